The summed E-state index contributed by atoms with van der Waals surface area (Å²) in [5.74, 6) is -0.184. The molecule has 0 radical (unpaired) electrons. The number of benzene rings is 1. The molecule has 2 atom stereocenters. The number of ether oxygens (including phenoxy) is 1. The van der Waals surface area contributed by atoms with E-state index in [0.717, 1.165) is 6.42 Å². The van der Waals surface area contributed by atoms with E-state index in [-0.39, 0.29) is 41.1 Å². The Morgan fingerprint density at radius 2 is 1.85 bits per heavy atom. The van der Waals surface area contributed by atoms with E-state index in [2.05, 4.69) is 20.6 Å². The smallest absolute Gasteiger partial charge is 0.410 e. The van der Waals surface area contributed by atoms with E-state index in [1.165, 1.54) is 42.6 Å². The van der Waals surface area contributed by atoms with Crippen molar-refractivity contribution in [3.05, 3.63) is 76.2 Å². The van der Waals surface area contributed by atoms with Crippen molar-refractivity contribution in [2.24, 2.45) is 0 Å². The highest BCUT2D eigenvalue weighted by molar-refractivity contribution is 6.03. The molecule has 12 nitrogen and oxygen atoms in total. The molecule has 2 amide bonds. The van der Waals surface area contributed by atoms with Gasteiger partial charge in [0.15, 0.2) is 0 Å². The normalized spacial score (nSPS) is 18.0. The molecule has 2 aliphatic heterocycles. The Kier molecular flexibility index (Phi) is 6.96. The zero-order valence-corrected chi connectivity index (χ0v) is 22.1. The summed E-state index contributed by atoms with van der Waals surface area (Å²) in [5, 5.41) is 17.4. The molecule has 2 aliphatic rings. The number of nitro groups is 1. The van der Waals surface area contributed by atoms with Gasteiger partial charge in [-0.3, -0.25) is 14.9 Å². The van der Waals surface area contributed by atoms with E-state index in [4.69, 9.17) is 4.74 Å². The molecule has 4 heterocycles. The van der Waals surface area contributed by atoms with Crippen molar-refractivity contribution in [3.63, 3.8) is 0 Å². The summed E-state index contributed by atoms with van der Waals surface area (Å²) < 4.78 is 18.7. The first-order valence-corrected chi connectivity index (χ1v) is 12.7. The third-order valence-corrected chi connectivity index (χ3v) is 6.59. The molecule has 40 heavy (non-hydrogen) atoms. The molecule has 13 heteroatoms. The van der Waals surface area contributed by atoms with E-state index in [1.807, 2.05) is 25.7 Å². The van der Waals surface area contributed by atoms with Gasteiger partial charge in [-0.2, -0.15) is 0 Å². The van der Waals surface area contributed by atoms with Crippen LogP contribution in [0.15, 0.2) is 54.7 Å². The molecule has 2 N–H and O–H groups in total. The van der Waals surface area contributed by atoms with Crippen LogP contribution in [0.5, 0.6) is 0 Å². The predicted molar refractivity (Wildman–Crippen MR) is 145 cm³/mol. The van der Waals surface area contributed by atoms with Crippen molar-refractivity contribution < 1.29 is 23.6 Å². The van der Waals surface area contributed by atoms with Gasteiger partial charge < -0.3 is 25.2 Å². The fourth-order valence-electron chi connectivity index (χ4n) is 4.84. The fourth-order valence-corrected chi connectivity index (χ4v) is 4.84. The number of hydrogen-bond acceptors (Lipinski definition) is 9. The second kappa shape index (κ2) is 10.4. The molecule has 3 aromatic rings. The third kappa shape index (κ3) is 5.77. The minimum Gasteiger partial charge on any atom is -0.444 e. The lowest BCUT2D eigenvalue weighted by Crippen LogP contribution is -2.50. The van der Waals surface area contributed by atoms with Crippen molar-refractivity contribution >= 4 is 40.8 Å². The van der Waals surface area contributed by atoms with Crippen LogP contribution < -0.4 is 15.5 Å². The number of halogens is 1. The van der Waals surface area contributed by atoms with E-state index in [9.17, 15) is 24.1 Å². The number of hydrogen-bond donors (Lipinski definition) is 2. The third-order valence-electron chi connectivity index (χ3n) is 6.59. The average molecular weight is 550 g/mol. The Morgan fingerprint density at radius 1 is 1.10 bits per heavy atom. The van der Waals surface area contributed by atoms with Gasteiger partial charge in [0.05, 0.1) is 17.0 Å². The van der Waals surface area contributed by atoms with Gasteiger partial charge in [0.25, 0.3) is 5.91 Å². The van der Waals surface area contributed by atoms with Crippen molar-refractivity contribution in [1.82, 2.24) is 14.9 Å². The predicted octanol–water partition coefficient (Wildman–Crippen LogP) is 4.72. The van der Waals surface area contributed by atoms with E-state index < -0.39 is 22.2 Å². The summed E-state index contributed by atoms with van der Waals surface area (Å²) in [6.45, 7) is 6.48. The van der Waals surface area contributed by atoms with Crippen molar-refractivity contribution in [2.75, 3.05) is 28.6 Å². The fraction of sp³-hybridized carbons (Fsp3) is 0.333. The highest BCUT2D eigenvalue weighted by Gasteiger charge is 2.47. The molecule has 0 unspecified atom stereocenters. The number of pyridine rings is 2. The number of fused-ring (bicyclic) bond motifs is 2. The number of piperazine rings is 1. The van der Waals surface area contributed by atoms with E-state index in [0.29, 0.717) is 24.6 Å². The molecule has 2 aromatic heterocycles. The monoisotopic (exact) mass is 549 g/mol. The van der Waals surface area contributed by atoms with Gasteiger partial charge in [0.2, 0.25) is 5.82 Å². The molecule has 2 bridgehead atoms. The first-order valence-electron chi connectivity index (χ1n) is 12.7. The molecule has 2 saturated heterocycles. The molecule has 2 fully saturated rings. The van der Waals surface area contributed by atoms with Crippen LogP contribution in [0.1, 0.15) is 37.6 Å². The SMILES string of the molecule is CC(C)(C)OC(=O)N1C[C@@H]2C[C@H]1CN2c1ccc([N+](=O)[O-])c(Nc2ccnc(NC(=O)c3ccc(F)cc3)c2)n1. The zero-order chi connectivity index (χ0) is 28.6. The molecular weight excluding hydrogens is 521 g/mol. The second-order valence-corrected chi connectivity index (χ2v) is 10.6. The summed E-state index contributed by atoms with van der Waals surface area (Å²) in [5.41, 5.74) is -0.152. The van der Waals surface area contributed by atoms with Crippen LogP contribution in [0.4, 0.5) is 38.0 Å². The maximum Gasteiger partial charge on any atom is 0.410 e. The van der Waals surface area contributed by atoms with Gasteiger partial charge in [-0.25, -0.2) is 19.2 Å². The van der Waals surface area contributed by atoms with Crippen LogP contribution in [0.25, 0.3) is 0 Å². The molecule has 0 saturated carbocycles. The van der Waals surface area contributed by atoms with Gasteiger partial charge in [-0.1, -0.05) is 0 Å². The van der Waals surface area contributed by atoms with Gasteiger partial charge in [0.1, 0.15) is 23.1 Å². The van der Waals surface area contributed by atoms with Crippen molar-refractivity contribution in [2.45, 2.75) is 44.9 Å². The van der Waals surface area contributed by atoms with Crippen LogP contribution in [0.3, 0.4) is 0 Å². The largest absolute Gasteiger partial charge is 0.444 e. The number of nitrogens with one attached hydrogen (secondary N) is 2. The van der Waals surface area contributed by atoms with Crippen LogP contribution in [0, 0.1) is 15.9 Å². The second-order valence-electron chi connectivity index (χ2n) is 10.6. The summed E-state index contributed by atoms with van der Waals surface area (Å²) in [6.07, 6.45) is 1.84. The first kappa shape index (κ1) is 26.8. The van der Waals surface area contributed by atoms with Gasteiger partial charge in [-0.15, -0.1) is 0 Å². The van der Waals surface area contributed by atoms with Crippen LogP contribution in [-0.4, -0.2) is 62.6 Å². The number of amides is 2. The summed E-state index contributed by atoms with van der Waals surface area (Å²) in [6, 6.07) is 11.1. The molecule has 208 valence electrons. The summed E-state index contributed by atoms with van der Waals surface area (Å²) >= 11 is 0. The highest BCUT2D eigenvalue weighted by Crippen LogP contribution is 2.37. The minimum atomic E-state index is -0.588. The van der Waals surface area contributed by atoms with Gasteiger partial charge >= 0.3 is 11.8 Å². The van der Waals surface area contributed by atoms with Crippen molar-refractivity contribution in [3.8, 4) is 0 Å². The topological polar surface area (TPSA) is 143 Å². The Morgan fingerprint density at radius 3 is 2.50 bits per heavy atom. The minimum absolute atomic E-state index is 0.00789. The van der Waals surface area contributed by atoms with Crippen molar-refractivity contribution in [1.29, 1.82) is 0 Å². The lowest BCUT2D eigenvalue weighted by molar-refractivity contribution is -0.384. The molecule has 5 rings (SSSR count). The number of carbonyl (C=O) groups is 2. The van der Waals surface area contributed by atoms with Crippen LogP contribution in [0.2, 0.25) is 0 Å². The van der Waals surface area contributed by atoms with Gasteiger partial charge in [0, 0.05) is 42.7 Å². The lowest BCUT2D eigenvalue weighted by atomic mass is 10.2. The maximum atomic E-state index is 13.2. The number of carbonyl (C=O) groups excluding carboxylic acids is 2. The summed E-state index contributed by atoms with van der Waals surface area (Å²) in [4.78, 5) is 48.8. The molecule has 0 aliphatic carbocycles. The number of likely N-dealkylation sites (tertiary alicyclic amines) is 1. The molecule has 0 spiro atoms. The highest BCUT2D eigenvalue weighted by atomic mass is 19.1. The quantitative estimate of drug-likeness (QED) is 0.330. The number of nitrogens with zero attached hydrogens (tertiary/aromatic N) is 5. The van der Waals surface area contributed by atoms with E-state index >= 15 is 0 Å². The number of aromatic nitrogens is 2. The van der Waals surface area contributed by atoms with E-state index in [1.54, 1.807) is 17.0 Å². The van der Waals surface area contributed by atoms with Crippen LogP contribution in [-0.2, 0) is 4.74 Å². The summed E-state index contributed by atoms with van der Waals surface area (Å²) in [7, 11) is 0. The Labute approximate surface area is 229 Å². The maximum absolute atomic E-state index is 13.2. The zero-order valence-electron chi connectivity index (χ0n) is 22.1. The molecular formula is C27H28FN7O5. The van der Waals surface area contributed by atoms with Gasteiger partial charge in [-0.05, 0) is 63.6 Å². The standard InChI is InChI=1S/C27H28FN7O5/c1-27(2,3)40-26(37)34-15-19-13-20(34)14-33(19)23-9-8-21(35(38)39)24(32-23)30-18-10-11-29-22(12-18)31-25(36)16-4-6-17(28)7-5-16/h4-12,19-20H,13-15H2,1-3H3,(H2,29,30,31,32,36)/t19-,20-/m0/s1. The Bertz CT molecular complexity index is 1460. The average Bonchev–Trinajstić information content (AvgIpc) is 3.50. The Balaban J connectivity index is 1.31. The number of rotatable bonds is 6. The van der Waals surface area contributed by atoms with Crippen LogP contribution >= 0.6 is 0 Å². The molecule has 1 aromatic carbocycles. The Hall–Kier alpha value is -4.81. The first-order chi connectivity index (χ1) is 19.0. The lowest BCUT2D eigenvalue weighted by Gasteiger charge is -2.35. The number of anilines is 4.